The number of carbonyl (C=O) groups excluding carboxylic acids is 2. The molecule has 0 aliphatic carbocycles. The summed E-state index contributed by atoms with van der Waals surface area (Å²) in [6.07, 6.45) is 0.251. The Hall–Kier alpha value is -3.30. The number of urea groups is 1. The van der Waals surface area contributed by atoms with E-state index in [1.807, 2.05) is 6.92 Å². The van der Waals surface area contributed by atoms with Crippen LogP contribution < -0.4 is 15.4 Å². The molecular weight excluding hydrogens is 370 g/mol. The molecule has 1 heterocycles. The summed E-state index contributed by atoms with van der Waals surface area (Å²) in [7, 11) is 0. The van der Waals surface area contributed by atoms with Gasteiger partial charge < -0.3 is 25.2 Å². The Kier molecular flexibility index (Phi) is 6.45. The molecule has 152 valence electrons. The first-order chi connectivity index (χ1) is 13.2. The maximum atomic E-state index is 12.7. The third kappa shape index (κ3) is 4.33. The summed E-state index contributed by atoms with van der Waals surface area (Å²) < 4.78 is 10.6. The van der Waals surface area contributed by atoms with Crippen molar-refractivity contribution in [1.29, 1.82) is 0 Å². The van der Waals surface area contributed by atoms with Gasteiger partial charge in [0.25, 0.3) is 0 Å². The number of amides is 2. The fourth-order valence-electron chi connectivity index (χ4n) is 2.73. The highest BCUT2D eigenvalue weighted by Crippen LogP contribution is 2.40. The van der Waals surface area contributed by atoms with Gasteiger partial charge in [-0.15, -0.1) is 0 Å². The molecule has 1 aromatic rings. The van der Waals surface area contributed by atoms with Gasteiger partial charge in [-0.2, -0.15) is 0 Å². The van der Waals surface area contributed by atoms with Crippen molar-refractivity contribution in [3.8, 4) is 11.5 Å². The predicted octanol–water partition coefficient (Wildman–Crippen LogP) is 2.67. The van der Waals surface area contributed by atoms with Crippen LogP contribution in [-0.2, 0) is 9.53 Å². The van der Waals surface area contributed by atoms with Crippen molar-refractivity contribution < 1.29 is 29.1 Å². The molecule has 1 aliphatic heterocycles. The second-order valence-corrected chi connectivity index (χ2v) is 6.27. The van der Waals surface area contributed by atoms with Crippen molar-refractivity contribution in [2.75, 3.05) is 6.61 Å². The molecule has 2 atom stereocenters. The number of esters is 1. The number of allylic oxidation sites excluding steroid dienone is 1. The van der Waals surface area contributed by atoms with E-state index in [9.17, 15) is 24.8 Å². The number of carbonyl (C=O) groups is 2. The van der Waals surface area contributed by atoms with Gasteiger partial charge in [-0.1, -0.05) is 6.92 Å². The number of nitrogens with one attached hydrogen (secondary N) is 2. The Morgan fingerprint density at radius 3 is 2.64 bits per heavy atom. The minimum absolute atomic E-state index is 0.113. The van der Waals surface area contributed by atoms with Crippen LogP contribution in [0.25, 0.3) is 0 Å². The highest BCUT2D eigenvalue weighted by molar-refractivity contribution is 5.95. The third-order valence-electron chi connectivity index (χ3n) is 4.28. The Labute approximate surface area is 161 Å². The second kappa shape index (κ2) is 8.59. The summed E-state index contributed by atoms with van der Waals surface area (Å²) in [5.74, 6) is -1.40. The van der Waals surface area contributed by atoms with Crippen molar-refractivity contribution in [3.05, 3.63) is 39.1 Å². The minimum Gasteiger partial charge on any atom is -0.500 e. The Morgan fingerprint density at radius 2 is 2.07 bits per heavy atom. The zero-order valence-corrected chi connectivity index (χ0v) is 16.1. The molecule has 0 radical (unpaired) electrons. The lowest BCUT2D eigenvalue weighted by molar-refractivity contribution is -0.386. The number of nitrogens with zero attached hydrogens (tertiary/aromatic N) is 1. The van der Waals surface area contributed by atoms with Gasteiger partial charge in [0.1, 0.15) is 0 Å². The molecule has 0 aromatic heterocycles. The smallest absolute Gasteiger partial charge is 0.338 e. The number of hydrogen-bond acceptors (Lipinski definition) is 7. The molecule has 0 fully saturated rings. The number of nitro groups is 1. The first-order valence-electron chi connectivity index (χ1n) is 8.82. The number of hydrogen-bond donors (Lipinski definition) is 3. The van der Waals surface area contributed by atoms with Gasteiger partial charge in [0.05, 0.1) is 29.2 Å². The molecule has 2 amide bonds. The molecule has 0 saturated carbocycles. The molecule has 1 aliphatic rings. The van der Waals surface area contributed by atoms with Gasteiger partial charge in [-0.3, -0.25) is 10.1 Å². The van der Waals surface area contributed by atoms with Crippen LogP contribution >= 0.6 is 0 Å². The Morgan fingerprint density at radius 1 is 1.39 bits per heavy atom. The molecular formula is C18H23N3O7. The van der Waals surface area contributed by atoms with E-state index in [0.717, 1.165) is 6.07 Å². The van der Waals surface area contributed by atoms with E-state index in [4.69, 9.17) is 9.47 Å². The minimum atomic E-state index is -1.01. The zero-order valence-electron chi connectivity index (χ0n) is 16.1. The lowest BCUT2D eigenvalue weighted by atomic mass is 9.94. The molecule has 0 spiro atoms. The van der Waals surface area contributed by atoms with Crippen molar-refractivity contribution in [2.45, 2.75) is 46.3 Å². The monoisotopic (exact) mass is 393 g/mol. The van der Waals surface area contributed by atoms with E-state index < -0.39 is 34.4 Å². The van der Waals surface area contributed by atoms with Crippen molar-refractivity contribution in [3.63, 3.8) is 0 Å². The van der Waals surface area contributed by atoms with E-state index in [1.54, 1.807) is 13.8 Å². The van der Waals surface area contributed by atoms with Gasteiger partial charge >= 0.3 is 17.7 Å². The Bertz CT molecular complexity index is 835. The van der Waals surface area contributed by atoms with E-state index in [0.29, 0.717) is 6.42 Å². The molecule has 28 heavy (non-hydrogen) atoms. The summed E-state index contributed by atoms with van der Waals surface area (Å²) in [4.78, 5) is 35.2. The van der Waals surface area contributed by atoms with Crippen LogP contribution in [0.5, 0.6) is 11.5 Å². The van der Waals surface area contributed by atoms with Crippen molar-refractivity contribution in [1.82, 2.24) is 10.6 Å². The number of ether oxygens (including phenoxy) is 2. The highest BCUT2D eigenvalue weighted by Gasteiger charge is 2.35. The van der Waals surface area contributed by atoms with E-state index >= 15 is 0 Å². The average Bonchev–Trinajstić information content (AvgIpc) is 2.62. The number of nitro benzene ring substituents is 1. The molecule has 3 N–H and O–H groups in total. The second-order valence-electron chi connectivity index (χ2n) is 6.27. The van der Waals surface area contributed by atoms with E-state index in [-0.39, 0.29) is 35.3 Å². The molecule has 1 aromatic carbocycles. The lowest BCUT2D eigenvalue weighted by Gasteiger charge is -2.29. The SMILES string of the molecule is CCOc1cc(C2NC(=O)NC(C)=C2C(=O)OC(C)CC)cc([N+](=O)[O-])c1O. The van der Waals surface area contributed by atoms with Crippen molar-refractivity contribution in [2.24, 2.45) is 0 Å². The van der Waals surface area contributed by atoms with Gasteiger partial charge in [0.2, 0.25) is 5.75 Å². The van der Waals surface area contributed by atoms with Crippen LogP contribution in [0.15, 0.2) is 23.4 Å². The molecule has 0 bridgehead atoms. The van der Waals surface area contributed by atoms with Gasteiger partial charge in [0.15, 0.2) is 5.75 Å². The summed E-state index contributed by atoms with van der Waals surface area (Å²) in [5.41, 5.74) is -0.00245. The third-order valence-corrected chi connectivity index (χ3v) is 4.28. The van der Waals surface area contributed by atoms with Gasteiger partial charge in [-0.25, -0.2) is 9.59 Å². The van der Waals surface area contributed by atoms with Crippen molar-refractivity contribution >= 4 is 17.7 Å². The van der Waals surface area contributed by atoms with Crippen LogP contribution in [0.3, 0.4) is 0 Å². The first kappa shape index (κ1) is 21.0. The fourth-order valence-corrected chi connectivity index (χ4v) is 2.73. The fraction of sp³-hybridized carbons (Fsp3) is 0.444. The number of phenols is 1. The van der Waals surface area contributed by atoms with Gasteiger partial charge in [-0.05, 0) is 38.8 Å². The standard InChI is InChI=1S/C18H23N3O7/c1-5-9(3)28-17(23)14-10(4)19-18(24)20-15(14)11-7-12(21(25)26)16(22)13(8-11)27-6-2/h7-9,15,22H,5-6H2,1-4H3,(H2,19,20,24). The molecule has 2 rings (SSSR count). The summed E-state index contributed by atoms with van der Waals surface area (Å²) in [6, 6.07) is 0.865. The Balaban J connectivity index is 2.58. The topological polar surface area (TPSA) is 140 Å². The van der Waals surface area contributed by atoms with E-state index in [1.165, 1.54) is 13.0 Å². The maximum Gasteiger partial charge on any atom is 0.338 e. The average molecular weight is 393 g/mol. The van der Waals surface area contributed by atoms with Gasteiger partial charge in [0, 0.05) is 11.8 Å². The first-order valence-corrected chi connectivity index (χ1v) is 8.82. The number of aromatic hydroxyl groups is 1. The molecule has 2 unspecified atom stereocenters. The summed E-state index contributed by atoms with van der Waals surface area (Å²) in [6.45, 7) is 6.94. The normalized spacial score (nSPS) is 17.4. The summed E-state index contributed by atoms with van der Waals surface area (Å²) >= 11 is 0. The molecule has 10 heteroatoms. The lowest BCUT2D eigenvalue weighted by Crippen LogP contribution is -2.45. The zero-order chi connectivity index (χ0) is 21.0. The van der Waals surface area contributed by atoms with E-state index in [2.05, 4.69) is 10.6 Å². The predicted molar refractivity (Wildman–Crippen MR) is 98.9 cm³/mol. The number of rotatable bonds is 7. The van der Waals surface area contributed by atoms with Crippen LogP contribution in [-0.4, -0.2) is 34.7 Å². The van der Waals surface area contributed by atoms with Crippen LogP contribution in [0.4, 0.5) is 10.5 Å². The number of benzene rings is 1. The maximum absolute atomic E-state index is 12.7. The largest absolute Gasteiger partial charge is 0.500 e. The molecule has 10 nitrogen and oxygen atoms in total. The number of phenolic OH excluding ortho intramolecular Hbond substituents is 1. The highest BCUT2D eigenvalue weighted by atomic mass is 16.6. The van der Waals surface area contributed by atoms with Crippen LogP contribution in [0.1, 0.15) is 45.7 Å². The quantitative estimate of drug-likeness (QED) is 0.367. The molecule has 0 saturated heterocycles. The van der Waals surface area contributed by atoms with Crippen LogP contribution in [0.2, 0.25) is 0 Å². The summed E-state index contributed by atoms with van der Waals surface area (Å²) in [5, 5.41) is 26.5. The van der Waals surface area contributed by atoms with Crippen LogP contribution in [0, 0.1) is 10.1 Å².